The van der Waals surface area contributed by atoms with Crippen LogP contribution in [0.5, 0.6) is 0 Å². The predicted molar refractivity (Wildman–Crippen MR) is 129 cm³/mol. The van der Waals surface area contributed by atoms with Crippen molar-refractivity contribution >= 4 is 17.4 Å². The van der Waals surface area contributed by atoms with Crippen LogP contribution in [0.3, 0.4) is 0 Å². The number of carbonyl (C=O) groups excluding carboxylic acids is 1. The summed E-state index contributed by atoms with van der Waals surface area (Å²) in [6.45, 7) is 0.308. The summed E-state index contributed by atoms with van der Waals surface area (Å²) in [6.07, 6.45) is 3.07. The Morgan fingerprint density at radius 2 is 1.79 bits per heavy atom. The molecule has 0 unspecified atom stereocenters. The number of benzene rings is 2. The number of nitrogens with one attached hydrogen (secondary N) is 1. The molecule has 0 saturated heterocycles. The first-order chi connectivity index (χ1) is 15.9. The Hall–Kier alpha value is -3.65. The lowest BCUT2D eigenvalue weighted by Crippen LogP contribution is -2.43. The van der Waals surface area contributed by atoms with Crippen LogP contribution in [0.1, 0.15) is 35.6 Å². The highest BCUT2D eigenvalue weighted by atomic mass is 16.2. The van der Waals surface area contributed by atoms with Crippen LogP contribution in [0, 0.1) is 0 Å². The van der Waals surface area contributed by atoms with Crippen molar-refractivity contribution < 1.29 is 4.79 Å². The van der Waals surface area contributed by atoms with E-state index in [-0.39, 0.29) is 36.5 Å². The number of carbonyl (C=O) groups is 1. The zero-order valence-corrected chi connectivity index (χ0v) is 19.0. The second kappa shape index (κ2) is 9.46. The zero-order chi connectivity index (χ0) is 23.5. The number of hydrogen-bond donors (Lipinski definition) is 2. The van der Waals surface area contributed by atoms with Gasteiger partial charge in [0.05, 0.1) is 13.1 Å². The van der Waals surface area contributed by atoms with Crippen molar-refractivity contribution in [1.29, 1.82) is 0 Å². The molecular weight excluding hydrogens is 418 g/mol. The first kappa shape index (κ1) is 22.5. The maximum Gasteiger partial charge on any atom is 0.330 e. The molecule has 0 saturated carbocycles. The molecule has 1 aliphatic rings. The Morgan fingerprint density at radius 3 is 2.55 bits per heavy atom. The molecule has 1 aromatic heterocycles. The number of aromatic nitrogens is 2. The van der Waals surface area contributed by atoms with Gasteiger partial charge >= 0.3 is 5.69 Å². The first-order valence-corrected chi connectivity index (χ1v) is 11.1. The molecule has 8 nitrogen and oxygen atoms in total. The van der Waals surface area contributed by atoms with Crippen LogP contribution >= 0.6 is 0 Å². The fourth-order valence-corrected chi connectivity index (χ4v) is 4.56. The number of nitrogens with two attached hydrogens (primary N) is 1. The number of H-pyrrole nitrogens is 1. The minimum atomic E-state index is -0.677. The molecule has 1 atom stereocenters. The summed E-state index contributed by atoms with van der Waals surface area (Å²) in [6, 6.07) is 17.8. The predicted octanol–water partition coefficient (Wildman–Crippen LogP) is 2.14. The van der Waals surface area contributed by atoms with Gasteiger partial charge in [-0.1, -0.05) is 54.6 Å². The van der Waals surface area contributed by atoms with Gasteiger partial charge in [0, 0.05) is 13.1 Å². The molecule has 8 heteroatoms. The molecule has 0 fully saturated rings. The summed E-state index contributed by atoms with van der Waals surface area (Å²) in [5, 5.41) is 0. The van der Waals surface area contributed by atoms with Gasteiger partial charge in [0.1, 0.15) is 5.82 Å². The van der Waals surface area contributed by atoms with Gasteiger partial charge in [-0.25, -0.2) is 4.79 Å². The second-order valence-corrected chi connectivity index (χ2v) is 8.54. The topological polar surface area (TPSA) is 104 Å². The van der Waals surface area contributed by atoms with Crippen molar-refractivity contribution in [3.8, 4) is 0 Å². The normalized spacial score (nSPS) is 15.3. The molecule has 3 aromatic rings. The standard InChI is InChI=1S/C25H29N5O3/c1-28(20-14-8-12-18-11-6-7-13-19(18)20)16-21(31)29(2)22-23(26)30(25(33)27-24(22)32)15-17-9-4-3-5-10-17/h3-7,9-11,13,20H,8,12,14-16,26H2,1-2H3,(H,27,32,33)/t20-/m0/s1. The van der Waals surface area contributed by atoms with Gasteiger partial charge in [0.15, 0.2) is 5.69 Å². The number of fused-ring (bicyclic) bond motifs is 1. The smallest absolute Gasteiger partial charge is 0.330 e. The van der Waals surface area contributed by atoms with Crippen molar-refractivity contribution in [2.75, 3.05) is 31.3 Å². The van der Waals surface area contributed by atoms with Gasteiger partial charge in [0.2, 0.25) is 5.91 Å². The van der Waals surface area contributed by atoms with Gasteiger partial charge in [0.25, 0.3) is 5.56 Å². The summed E-state index contributed by atoms with van der Waals surface area (Å²) in [7, 11) is 3.44. The zero-order valence-electron chi connectivity index (χ0n) is 19.0. The van der Waals surface area contributed by atoms with Crippen LogP contribution in [-0.4, -0.2) is 41.0 Å². The summed E-state index contributed by atoms with van der Waals surface area (Å²) >= 11 is 0. The molecule has 1 aliphatic carbocycles. The summed E-state index contributed by atoms with van der Waals surface area (Å²) < 4.78 is 1.27. The van der Waals surface area contributed by atoms with Crippen LogP contribution in [0.2, 0.25) is 0 Å². The fourth-order valence-electron chi connectivity index (χ4n) is 4.56. The number of amides is 1. The van der Waals surface area contributed by atoms with E-state index < -0.39 is 11.2 Å². The number of nitrogens with zero attached hydrogens (tertiary/aromatic N) is 3. The third-order valence-electron chi connectivity index (χ3n) is 6.36. The average Bonchev–Trinajstić information content (AvgIpc) is 2.81. The van der Waals surface area contributed by atoms with Crippen LogP contribution in [0.15, 0.2) is 64.2 Å². The highest BCUT2D eigenvalue weighted by molar-refractivity contribution is 5.96. The van der Waals surface area contributed by atoms with E-state index in [2.05, 4.69) is 17.1 Å². The largest absolute Gasteiger partial charge is 0.383 e. The molecular formula is C25H29N5O3. The van der Waals surface area contributed by atoms with Crippen molar-refractivity contribution in [3.05, 3.63) is 92.1 Å². The van der Waals surface area contributed by atoms with Crippen LogP contribution in [0.25, 0.3) is 0 Å². The Bertz CT molecular complexity index is 1270. The third kappa shape index (κ3) is 4.61. The van der Waals surface area contributed by atoms with Crippen molar-refractivity contribution in [3.63, 3.8) is 0 Å². The van der Waals surface area contributed by atoms with E-state index in [4.69, 9.17) is 5.73 Å². The monoisotopic (exact) mass is 447 g/mol. The number of anilines is 2. The molecule has 1 heterocycles. The summed E-state index contributed by atoms with van der Waals surface area (Å²) in [4.78, 5) is 43.8. The highest BCUT2D eigenvalue weighted by Crippen LogP contribution is 2.33. The molecule has 0 aliphatic heterocycles. The van der Waals surface area contributed by atoms with Crippen molar-refractivity contribution in [1.82, 2.24) is 14.5 Å². The molecule has 2 aromatic carbocycles. The van der Waals surface area contributed by atoms with E-state index in [0.717, 1.165) is 24.8 Å². The first-order valence-electron chi connectivity index (χ1n) is 11.1. The molecule has 1 amide bonds. The quantitative estimate of drug-likeness (QED) is 0.603. The van der Waals surface area contributed by atoms with E-state index in [1.54, 1.807) is 0 Å². The minimum Gasteiger partial charge on any atom is -0.383 e. The summed E-state index contributed by atoms with van der Waals surface area (Å²) in [5.74, 6) is -0.309. The van der Waals surface area contributed by atoms with E-state index in [0.29, 0.717) is 0 Å². The van der Waals surface area contributed by atoms with E-state index >= 15 is 0 Å². The number of aromatic amines is 1. The molecule has 0 bridgehead atoms. The Balaban J connectivity index is 1.57. The summed E-state index contributed by atoms with van der Waals surface area (Å²) in [5.41, 5.74) is 8.35. The van der Waals surface area contributed by atoms with Gasteiger partial charge in [-0.3, -0.25) is 24.0 Å². The van der Waals surface area contributed by atoms with Crippen LogP contribution in [0.4, 0.5) is 11.5 Å². The maximum absolute atomic E-state index is 13.2. The lowest BCUT2D eigenvalue weighted by molar-refractivity contribution is -0.119. The Labute approximate surface area is 192 Å². The van der Waals surface area contributed by atoms with Gasteiger partial charge < -0.3 is 10.6 Å². The molecule has 172 valence electrons. The lowest BCUT2D eigenvalue weighted by atomic mass is 9.87. The highest BCUT2D eigenvalue weighted by Gasteiger charge is 2.27. The number of likely N-dealkylation sites (N-methyl/N-ethyl adjacent to an activating group) is 2. The van der Waals surface area contributed by atoms with Gasteiger partial charge in [-0.05, 0) is 43.0 Å². The molecule has 33 heavy (non-hydrogen) atoms. The fraction of sp³-hybridized carbons (Fsp3) is 0.320. The maximum atomic E-state index is 13.2. The number of hydrogen-bond acceptors (Lipinski definition) is 5. The average molecular weight is 448 g/mol. The number of aryl methyl sites for hydroxylation is 1. The van der Waals surface area contributed by atoms with E-state index in [9.17, 15) is 14.4 Å². The SMILES string of the molecule is CN(C(=O)CN(C)[C@H]1CCCc2ccccc21)c1c(N)n(Cc2ccccc2)c(=O)[nH]c1=O. The van der Waals surface area contributed by atoms with Gasteiger partial charge in [-0.15, -0.1) is 0 Å². The van der Waals surface area contributed by atoms with E-state index in [1.165, 1.54) is 27.6 Å². The second-order valence-electron chi connectivity index (χ2n) is 8.54. The van der Waals surface area contributed by atoms with Crippen LogP contribution in [-0.2, 0) is 17.8 Å². The number of nitrogen functional groups attached to an aromatic ring is 1. The van der Waals surface area contributed by atoms with E-state index in [1.807, 2.05) is 54.4 Å². The molecule has 0 radical (unpaired) electrons. The number of rotatable bonds is 6. The van der Waals surface area contributed by atoms with Crippen molar-refractivity contribution in [2.24, 2.45) is 0 Å². The van der Waals surface area contributed by atoms with Crippen molar-refractivity contribution in [2.45, 2.75) is 31.8 Å². The molecule has 3 N–H and O–H groups in total. The molecule has 0 spiro atoms. The minimum absolute atomic E-state index is 0.0204. The third-order valence-corrected chi connectivity index (χ3v) is 6.36. The lowest BCUT2D eigenvalue weighted by Gasteiger charge is -2.33. The van der Waals surface area contributed by atoms with Gasteiger partial charge in [-0.2, -0.15) is 0 Å². The van der Waals surface area contributed by atoms with Crippen LogP contribution < -0.4 is 21.9 Å². The Morgan fingerprint density at radius 1 is 1.09 bits per heavy atom. The molecule has 4 rings (SSSR count). The Kier molecular flexibility index (Phi) is 6.46.